The first-order valence-corrected chi connectivity index (χ1v) is 6.48. The van der Waals surface area contributed by atoms with Crippen molar-refractivity contribution in [2.24, 2.45) is 0 Å². The molecule has 0 saturated heterocycles. The van der Waals surface area contributed by atoms with Gasteiger partial charge in [0.1, 0.15) is 5.82 Å². The van der Waals surface area contributed by atoms with Crippen molar-refractivity contribution in [1.82, 2.24) is 19.9 Å². The maximum atomic E-state index is 5.65. The molecule has 2 aromatic rings. The summed E-state index contributed by atoms with van der Waals surface area (Å²) in [7, 11) is 0. The standard InChI is InChI=1S/C14H21N5/c1-14(2,19-10-13(15)18-11-19)6-8-16-9-12-5-3-4-7-17-12/h3-5,7,10-11,16H,6,8-9,15H2,1-2H3. The third-order valence-electron chi connectivity index (χ3n) is 3.25. The summed E-state index contributed by atoms with van der Waals surface area (Å²) in [6, 6.07) is 5.95. The number of imidazole rings is 1. The van der Waals surface area contributed by atoms with Crippen LogP contribution in [0.1, 0.15) is 26.0 Å². The van der Waals surface area contributed by atoms with Crippen LogP contribution in [0.3, 0.4) is 0 Å². The molecule has 0 amide bonds. The summed E-state index contributed by atoms with van der Waals surface area (Å²) in [5.41, 5.74) is 6.71. The highest BCUT2D eigenvalue weighted by molar-refractivity contribution is 5.23. The van der Waals surface area contributed by atoms with Crippen molar-refractivity contribution in [2.45, 2.75) is 32.4 Å². The number of aromatic nitrogens is 3. The minimum Gasteiger partial charge on any atom is -0.382 e. The Morgan fingerprint density at radius 2 is 2.16 bits per heavy atom. The molecule has 0 radical (unpaired) electrons. The lowest BCUT2D eigenvalue weighted by molar-refractivity contribution is 0.320. The highest BCUT2D eigenvalue weighted by atomic mass is 15.1. The van der Waals surface area contributed by atoms with Crippen LogP contribution < -0.4 is 11.1 Å². The average Bonchev–Trinajstić information content (AvgIpc) is 2.84. The summed E-state index contributed by atoms with van der Waals surface area (Å²) in [4.78, 5) is 8.35. The van der Waals surface area contributed by atoms with Crippen LogP contribution in [0.2, 0.25) is 0 Å². The van der Waals surface area contributed by atoms with E-state index in [0.717, 1.165) is 25.2 Å². The lowest BCUT2D eigenvalue weighted by atomic mass is 10.0. The number of pyridine rings is 1. The van der Waals surface area contributed by atoms with Crippen LogP contribution in [0.5, 0.6) is 0 Å². The van der Waals surface area contributed by atoms with Crippen LogP contribution in [-0.4, -0.2) is 21.1 Å². The normalized spacial score (nSPS) is 11.7. The smallest absolute Gasteiger partial charge is 0.141 e. The van der Waals surface area contributed by atoms with Crippen molar-refractivity contribution in [1.29, 1.82) is 0 Å². The molecule has 0 saturated carbocycles. The lowest BCUT2D eigenvalue weighted by Crippen LogP contribution is -2.30. The van der Waals surface area contributed by atoms with Gasteiger partial charge in [-0.25, -0.2) is 4.98 Å². The maximum Gasteiger partial charge on any atom is 0.141 e. The van der Waals surface area contributed by atoms with Gasteiger partial charge in [0, 0.05) is 24.5 Å². The van der Waals surface area contributed by atoms with E-state index in [1.807, 2.05) is 30.6 Å². The van der Waals surface area contributed by atoms with Gasteiger partial charge in [-0.1, -0.05) is 6.07 Å². The molecule has 5 heteroatoms. The quantitative estimate of drug-likeness (QED) is 0.776. The average molecular weight is 259 g/mol. The molecular weight excluding hydrogens is 238 g/mol. The fourth-order valence-electron chi connectivity index (χ4n) is 1.91. The highest BCUT2D eigenvalue weighted by Crippen LogP contribution is 2.19. The van der Waals surface area contributed by atoms with Gasteiger partial charge in [0.25, 0.3) is 0 Å². The summed E-state index contributed by atoms with van der Waals surface area (Å²) in [5, 5.41) is 3.41. The maximum absolute atomic E-state index is 5.65. The zero-order chi connectivity index (χ0) is 13.7. The van der Waals surface area contributed by atoms with E-state index in [2.05, 4.69) is 33.7 Å². The monoisotopic (exact) mass is 259 g/mol. The van der Waals surface area contributed by atoms with Gasteiger partial charge in [0.15, 0.2) is 0 Å². The molecule has 2 aromatic heterocycles. The molecule has 19 heavy (non-hydrogen) atoms. The fourth-order valence-corrected chi connectivity index (χ4v) is 1.91. The summed E-state index contributed by atoms with van der Waals surface area (Å²) >= 11 is 0. The summed E-state index contributed by atoms with van der Waals surface area (Å²) in [6.45, 7) is 6.07. The van der Waals surface area contributed by atoms with Gasteiger partial charge in [-0.15, -0.1) is 0 Å². The summed E-state index contributed by atoms with van der Waals surface area (Å²) in [5.74, 6) is 0.564. The number of hydrogen-bond donors (Lipinski definition) is 2. The number of hydrogen-bond acceptors (Lipinski definition) is 4. The van der Waals surface area contributed by atoms with Crippen LogP contribution in [0.25, 0.3) is 0 Å². The Morgan fingerprint density at radius 1 is 1.32 bits per heavy atom. The zero-order valence-electron chi connectivity index (χ0n) is 11.5. The number of nitrogens with zero attached hydrogens (tertiary/aromatic N) is 3. The molecule has 0 spiro atoms. The van der Waals surface area contributed by atoms with Crippen LogP contribution in [0.15, 0.2) is 36.9 Å². The molecule has 0 bridgehead atoms. The number of nitrogen functional groups attached to an aromatic ring is 1. The molecule has 3 N–H and O–H groups in total. The Balaban J connectivity index is 1.79. The van der Waals surface area contributed by atoms with Gasteiger partial charge in [-0.2, -0.15) is 0 Å². The van der Waals surface area contributed by atoms with E-state index in [4.69, 9.17) is 5.73 Å². The van der Waals surface area contributed by atoms with E-state index >= 15 is 0 Å². The first-order valence-electron chi connectivity index (χ1n) is 6.48. The Bertz CT molecular complexity index is 504. The lowest BCUT2D eigenvalue weighted by Gasteiger charge is -2.26. The van der Waals surface area contributed by atoms with Crippen molar-refractivity contribution in [2.75, 3.05) is 12.3 Å². The number of nitrogens with two attached hydrogens (primary N) is 1. The first kappa shape index (κ1) is 13.5. The van der Waals surface area contributed by atoms with Crippen LogP contribution in [0.4, 0.5) is 5.82 Å². The molecule has 0 unspecified atom stereocenters. The van der Waals surface area contributed by atoms with Gasteiger partial charge in [-0.3, -0.25) is 4.98 Å². The van der Waals surface area contributed by atoms with Crippen molar-refractivity contribution >= 4 is 5.82 Å². The fraction of sp³-hybridized carbons (Fsp3) is 0.429. The van der Waals surface area contributed by atoms with Gasteiger partial charge < -0.3 is 15.6 Å². The first-order chi connectivity index (χ1) is 9.08. The van der Waals surface area contributed by atoms with Crippen LogP contribution >= 0.6 is 0 Å². The SMILES string of the molecule is CC(C)(CCNCc1ccccn1)n1cnc(N)c1. The van der Waals surface area contributed by atoms with Crippen molar-refractivity contribution in [3.8, 4) is 0 Å². The highest BCUT2D eigenvalue weighted by Gasteiger charge is 2.19. The zero-order valence-corrected chi connectivity index (χ0v) is 11.5. The second-order valence-corrected chi connectivity index (χ2v) is 5.27. The molecule has 2 rings (SSSR count). The molecule has 5 nitrogen and oxygen atoms in total. The van der Waals surface area contributed by atoms with Gasteiger partial charge >= 0.3 is 0 Å². The molecule has 0 aliphatic heterocycles. The summed E-state index contributed by atoms with van der Waals surface area (Å²) < 4.78 is 2.06. The van der Waals surface area contributed by atoms with E-state index in [1.165, 1.54) is 0 Å². The minimum absolute atomic E-state index is 0.00172. The Kier molecular flexibility index (Phi) is 4.16. The second kappa shape index (κ2) is 5.84. The predicted molar refractivity (Wildman–Crippen MR) is 76.5 cm³/mol. The van der Waals surface area contributed by atoms with Gasteiger partial charge in [0.2, 0.25) is 0 Å². The second-order valence-electron chi connectivity index (χ2n) is 5.27. The molecule has 102 valence electrons. The minimum atomic E-state index is 0.00172. The van der Waals surface area contributed by atoms with Crippen LogP contribution in [-0.2, 0) is 12.1 Å². The Labute approximate surface area is 113 Å². The third-order valence-corrected chi connectivity index (χ3v) is 3.25. The topological polar surface area (TPSA) is 68.8 Å². The van der Waals surface area contributed by atoms with E-state index < -0.39 is 0 Å². The number of nitrogens with one attached hydrogen (secondary N) is 1. The van der Waals surface area contributed by atoms with E-state index in [1.54, 1.807) is 6.33 Å². The van der Waals surface area contributed by atoms with Crippen molar-refractivity contribution < 1.29 is 0 Å². The largest absolute Gasteiger partial charge is 0.382 e. The molecule has 2 heterocycles. The van der Waals surface area contributed by atoms with Gasteiger partial charge in [0.05, 0.1) is 12.0 Å². The predicted octanol–water partition coefficient (Wildman–Crippen LogP) is 1.78. The molecule has 0 aliphatic carbocycles. The van der Waals surface area contributed by atoms with E-state index in [9.17, 15) is 0 Å². The molecule has 0 aliphatic rings. The van der Waals surface area contributed by atoms with Crippen molar-refractivity contribution in [3.63, 3.8) is 0 Å². The van der Waals surface area contributed by atoms with Crippen molar-refractivity contribution in [3.05, 3.63) is 42.6 Å². The number of rotatable bonds is 6. The van der Waals surface area contributed by atoms with Gasteiger partial charge in [-0.05, 0) is 38.9 Å². The Hall–Kier alpha value is -1.88. The third kappa shape index (κ3) is 3.79. The number of anilines is 1. The Morgan fingerprint density at radius 3 is 2.79 bits per heavy atom. The molecule has 0 aromatic carbocycles. The molecular formula is C14H21N5. The van der Waals surface area contributed by atoms with E-state index in [0.29, 0.717) is 5.82 Å². The van der Waals surface area contributed by atoms with E-state index in [-0.39, 0.29) is 5.54 Å². The molecule has 0 atom stereocenters. The summed E-state index contributed by atoms with van der Waals surface area (Å²) in [6.07, 6.45) is 6.47. The van der Waals surface area contributed by atoms with Crippen LogP contribution in [0, 0.1) is 0 Å². The molecule has 0 fully saturated rings.